The number of carbonyl (C=O) groups excluding carboxylic acids is 2. The van der Waals surface area contributed by atoms with E-state index in [1.807, 2.05) is 0 Å². The van der Waals surface area contributed by atoms with Crippen molar-refractivity contribution in [1.82, 2.24) is 0 Å². The molecule has 0 aliphatic heterocycles. The van der Waals surface area contributed by atoms with Crippen molar-refractivity contribution in [1.29, 1.82) is 0 Å². The molecule has 32 heavy (non-hydrogen) atoms. The Balaban J connectivity index is 3.36. The van der Waals surface area contributed by atoms with Crippen molar-refractivity contribution >= 4 is 11.9 Å². The summed E-state index contributed by atoms with van der Waals surface area (Å²) in [4.78, 5) is 32.0. The highest BCUT2D eigenvalue weighted by molar-refractivity contribution is 5.91. The van der Waals surface area contributed by atoms with Crippen molar-refractivity contribution < 1.29 is 29.1 Å². The number of ether oxygens (including phenoxy) is 1. The molecule has 0 unspecified atom stereocenters. The smallest absolute Gasteiger partial charge is 0.369 e. The molecule has 0 atom stereocenters. The molecule has 0 aromatic rings. The topological polar surface area (TPSA) is 71.1 Å². The Hall–Kier alpha value is -1.40. The molecule has 0 fully saturated rings. The molecule has 0 bridgehead atoms. The van der Waals surface area contributed by atoms with Gasteiger partial charge in [-0.15, -0.1) is 0 Å². The molecule has 6 heteroatoms. The van der Waals surface area contributed by atoms with Gasteiger partial charge in [-0.1, -0.05) is 103 Å². The van der Waals surface area contributed by atoms with E-state index in [1.165, 1.54) is 89.9 Å². The minimum atomic E-state index is -0.839. The van der Waals surface area contributed by atoms with Crippen LogP contribution in [0.1, 0.15) is 130 Å². The zero-order valence-corrected chi connectivity index (χ0v) is 21.1. The summed E-state index contributed by atoms with van der Waals surface area (Å²) in [5.74, 6) is -1.41. The Labute approximate surface area is 196 Å². The standard InChI is InChI=1S/C26H48O6/c1-5-6-7-8-9-10-11-12-13-14-15-16-17-18-19-20-23-29-24(27)21-22-25(28)30-32-31-26(2,3)4/h21-22H,5-20,23H2,1-4H3/b22-21+. The third kappa shape index (κ3) is 24.9. The van der Waals surface area contributed by atoms with Crippen LogP contribution < -0.4 is 0 Å². The number of carbonyl (C=O) groups is 2. The molecule has 0 amide bonds. The lowest BCUT2D eigenvalue weighted by Crippen LogP contribution is -2.20. The van der Waals surface area contributed by atoms with Crippen LogP contribution in [0.15, 0.2) is 12.2 Å². The van der Waals surface area contributed by atoms with Crippen LogP contribution >= 0.6 is 0 Å². The van der Waals surface area contributed by atoms with E-state index in [0.717, 1.165) is 25.0 Å². The lowest BCUT2D eigenvalue weighted by atomic mass is 10.0. The van der Waals surface area contributed by atoms with Gasteiger partial charge in [-0.25, -0.2) is 9.59 Å². The van der Waals surface area contributed by atoms with Crippen molar-refractivity contribution in [3.63, 3.8) is 0 Å². The van der Waals surface area contributed by atoms with Gasteiger partial charge in [0.1, 0.15) is 0 Å². The normalized spacial score (nSPS) is 11.8. The van der Waals surface area contributed by atoms with Crippen LogP contribution in [-0.2, 0) is 29.1 Å². The Morgan fingerprint density at radius 2 is 1.03 bits per heavy atom. The van der Waals surface area contributed by atoms with Gasteiger partial charge in [0, 0.05) is 12.2 Å². The molecule has 0 heterocycles. The first-order valence-corrected chi connectivity index (χ1v) is 12.8. The van der Waals surface area contributed by atoms with Gasteiger partial charge >= 0.3 is 11.9 Å². The molecule has 0 aliphatic carbocycles. The zero-order valence-electron chi connectivity index (χ0n) is 21.1. The van der Waals surface area contributed by atoms with E-state index in [1.54, 1.807) is 20.8 Å². The van der Waals surface area contributed by atoms with Gasteiger partial charge in [-0.2, -0.15) is 4.89 Å². The van der Waals surface area contributed by atoms with Crippen LogP contribution in [0.25, 0.3) is 0 Å². The minimum Gasteiger partial charge on any atom is -0.463 e. The summed E-state index contributed by atoms with van der Waals surface area (Å²) < 4.78 is 5.06. The number of esters is 1. The number of hydrogen-bond donors (Lipinski definition) is 0. The summed E-state index contributed by atoms with van der Waals surface area (Å²) in [6.45, 7) is 7.86. The predicted octanol–water partition coefficient (Wildman–Crippen LogP) is 7.55. The highest BCUT2D eigenvalue weighted by Gasteiger charge is 2.13. The molecule has 0 spiro atoms. The van der Waals surface area contributed by atoms with E-state index in [4.69, 9.17) is 9.62 Å². The van der Waals surface area contributed by atoms with Gasteiger partial charge in [-0.3, -0.25) is 4.89 Å². The van der Waals surface area contributed by atoms with Crippen LogP contribution in [0.5, 0.6) is 0 Å². The quantitative estimate of drug-likeness (QED) is 0.0583. The molecule has 0 radical (unpaired) electrons. The van der Waals surface area contributed by atoms with Crippen molar-refractivity contribution in [2.45, 2.75) is 136 Å². The highest BCUT2D eigenvalue weighted by Crippen LogP contribution is 2.13. The molecular formula is C26H48O6. The Bertz CT molecular complexity index is 481. The monoisotopic (exact) mass is 456 g/mol. The maximum Gasteiger partial charge on any atom is 0.369 e. The van der Waals surface area contributed by atoms with Crippen molar-refractivity contribution in [2.24, 2.45) is 0 Å². The fraction of sp³-hybridized carbons (Fsp3) is 0.846. The van der Waals surface area contributed by atoms with Crippen LogP contribution in [0, 0.1) is 0 Å². The Morgan fingerprint density at radius 1 is 0.625 bits per heavy atom. The molecule has 188 valence electrons. The Morgan fingerprint density at radius 3 is 1.47 bits per heavy atom. The molecule has 0 rings (SSSR count). The van der Waals surface area contributed by atoms with Crippen LogP contribution in [0.4, 0.5) is 0 Å². The van der Waals surface area contributed by atoms with Gasteiger partial charge in [0.25, 0.3) is 0 Å². The summed E-state index contributed by atoms with van der Waals surface area (Å²) in [6, 6.07) is 0. The molecular weight excluding hydrogens is 408 g/mol. The lowest BCUT2D eigenvalue weighted by Gasteiger charge is -2.14. The lowest BCUT2D eigenvalue weighted by molar-refractivity contribution is -0.513. The molecule has 0 aromatic carbocycles. The van der Waals surface area contributed by atoms with Crippen molar-refractivity contribution in [3.05, 3.63) is 12.2 Å². The molecule has 0 N–H and O–H groups in total. The average molecular weight is 457 g/mol. The van der Waals surface area contributed by atoms with Crippen LogP contribution in [-0.4, -0.2) is 24.1 Å². The second-order valence-corrected chi connectivity index (χ2v) is 9.47. The van der Waals surface area contributed by atoms with E-state index in [-0.39, 0.29) is 0 Å². The SMILES string of the molecule is CCCCCCCCCCCCCCCCCCOC(=O)/C=C/C(=O)OOOC(C)(C)C. The van der Waals surface area contributed by atoms with E-state index in [9.17, 15) is 9.59 Å². The molecule has 0 saturated heterocycles. The summed E-state index contributed by atoms with van der Waals surface area (Å²) >= 11 is 0. The van der Waals surface area contributed by atoms with Crippen LogP contribution in [0.3, 0.4) is 0 Å². The second-order valence-electron chi connectivity index (χ2n) is 9.47. The summed E-state index contributed by atoms with van der Waals surface area (Å²) in [5.41, 5.74) is -0.601. The van der Waals surface area contributed by atoms with Gasteiger partial charge in [0.05, 0.1) is 12.2 Å². The maximum absolute atomic E-state index is 11.6. The highest BCUT2D eigenvalue weighted by atomic mass is 17.5. The van der Waals surface area contributed by atoms with Crippen LogP contribution in [0.2, 0.25) is 0 Å². The fourth-order valence-corrected chi connectivity index (χ4v) is 3.19. The zero-order chi connectivity index (χ0) is 23.9. The van der Waals surface area contributed by atoms with E-state index in [2.05, 4.69) is 16.8 Å². The Kier molecular flexibility index (Phi) is 20.5. The van der Waals surface area contributed by atoms with Crippen molar-refractivity contribution in [3.8, 4) is 0 Å². The van der Waals surface area contributed by atoms with E-state index in [0.29, 0.717) is 6.61 Å². The first-order chi connectivity index (χ1) is 15.3. The van der Waals surface area contributed by atoms with Gasteiger partial charge in [0.15, 0.2) is 0 Å². The van der Waals surface area contributed by atoms with Crippen molar-refractivity contribution in [2.75, 3.05) is 6.61 Å². The number of rotatable bonds is 21. The summed E-state index contributed by atoms with van der Waals surface area (Å²) in [6.07, 6.45) is 22.8. The van der Waals surface area contributed by atoms with E-state index < -0.39 is 17.5 Å². The fourth-order valence-electron chi connectivity index (χ4n) is 3.19. The predicted molar refractivity (Wildman–Crippen MR) is 128 cm³/mol. The van der Waals surface area contributed by atoms with E-state index >= 15 is 0 Å². The first kappa shape index (κ1) is 30.6. The molecule has 0 aromatic heterocycles. The third-order valence-corrected chi connectivity index (χ3v) is 5.00. The minimum absolute atomic E-state index is 0.361. The second kappa shape index (κ2) is 21.4. The summed E-state index contributed by atoms with van der Waals surface area (Å²) in [7, 11) is 0. The van der Waals surface area contributed by atoms with Gasteiger partial charge in [0.2, 0.25) is 0 Å². The number of unbranched alkanes of at least 4 members (excludes halogenated alkanes) is 15. The molecule has 6 nitrogen and oxygen atoms in total. The summed E-state index contributed by atoms with van der Waals surface area (Å²) in [5, 5.41) is 4.34. The number of hydrogen-bond acceptors (Lipinski definition) is 6. The van der Waals surface area contributed by atoms with Gasteiger partial charge in [-0.05, 0) is 32.2 Å². The molecule has 0 aliphatic rings. The largest absolute Gasteiger partial charge is 0.463 e. The van der Waals surface area contributed by atoms with Gasteiger partial charge < -0.3 is 4.74 Å². The first-order valence-electron chi connectivity index (χ1n) is 12.8. The third-order valence-electron chi connectivity index (χ3n) is 5.00. The average Bonchev–Trinajstić information content (AvgIpc) is 2.73. The molecule has 0 saturated carbocycles. The maximum atomic E-state index is 11.6.